The van der Waals surface area contributed by atoms with Crippen molar-refractivity contribution in [3.05, 3.63) is 70.9 Å². The number of amides is 3. The number of aryl methyl sites for hydroxylation is 1. The van der Waals surface area contributed by atoms with E-state index in [9.17, 15) is 22.8 Å². The van der Waals surface area contributed by atoms with Crippen LogP contribution >= 0.6 is 0 Å². The van der Waals surface area contributed by atoms with Gasteiger partial charge in [-0.25, -0.2) is 28.0 Å². The molecule has 1 atom stereocenters. The molecule has 2 aliphatic rings. The highest BCUT2D eigenvalue weighted by Crippen LogP contribution is 2.30. The van der Waals surface area contributed by atoms with Crippen molar-refractivity contribution in [1.82, 2.24) is 24.4 Å². The lowest BCUT2D eigenvalue weighted by Gasteiger charge is -2.37. The number of carbonyl (C=O) groups is 2. The first-order valence-electron chi connectivity index (χ1n) is 11.5. The highest BCUT2D eigenvalue weighted by Gasteiger charge is 2.34. The molecule has 13 heteroatoms. The minimum atomic E-state index is -0.720. The van der Waals surface area contributed by atoms with Crippen LogP contribution in [-0.2, 0) is 0 Å². The van der Waals surface area contributed by atoms with E-state index in [0.29, 0.717) is 43.9 Å². The fourth-order valence-corrected chi connectivity index (χ4v) is 4.49. The molecule has 0 bridgehead atoms. The standard InChI is InChI=1S/C24H23F3N8O2/c1-14-8-16(21(28)36)13-34(14)22-19(27)12-29-23(31-22)32-4-6-33(7-5-32)24(37)35-20(2-3-30-35)15-9-17(25)11-18(26)10-15/h3,8-13,20H,2,4-7H2,1H3,(H2,28,36)/t20-/m0/s1. The lowest BCUT2D eigenvalue weighted by Crippen LogP contribution is -2.52. The maximum Gasteiger partial charge on any atom is 0.341 e. The van der Waals surface area contributed by atoms with Gasteiger partial charge in [0.2, 0.25) is 11.9 Å². The molecule has 2 aromatic heterocycles. The second kappa shape index (κ2) is 9.56. The number of piperazine rings is 1. The molecule has 1 saturated heterocycles. The van der Waals surface area contributed by atoms with Crippen LogP contribution in [0.3, 0.4) is 0 Å². The highest BCUT2D eigenvalue weighted by atomic mass is 19.1. The van der Waals surface area contributed by atoms with Crippen molar-refractivity contribution in [2.45, 2.75) is 19.4 Å². The third-order valence-corrected chi connectivity index (χ3v) is 6.37. The number of urea groups is 1. The maximum absolute atomic E-state index is 14.6. The van der Waals surface area contributed by atoms with E-state index in [2.05, 4.69) is 15.1 Å². The Bertz CT molecular complexity index is 1380. The lowest BCUT2D eigenvalue weighted by molar-refractivity contribution is 0.1000. The van der Waals surface area contributed by atoms with Crippen molar-refractivity contribution in [3.8, 4) is 5.82 Å². The summed E-state index contributed by atoms with van der Waals surface area (Å²) in [6.45, 7) is 3.04. The zero-order valence-electron chi connectivity index (χ0n) is 19.8. The molecule has 3 amide bonds. The number of hydrogen-bond acceptors (Lipinski definition) is 6. The molecule has 10 nitrogen and oxygen atoms in total. The second-order valence-corrected chi connectivity index (χ2v) is 8.80. The third-order valence-electron chi connectivity index (χ3n) is 6.37. The first-order chi connectivity index (χ1) is 17.7. The molecule has 2 aliphatic heterocycles. The molecule has 1 fully saturated rings. The first kappa shape index (κ1) is 24.3. The number of anilines is 1. The van der Waals surface area contributed by atoms with E-state index in [-0.39, 0.29) is 23.4 Å². The SMILES string of the molecule is Cc1cc(C(N)=O)cn1-c1nc(N2CCN(C(=O)N3N=CC[C@H]3c3cc(F)cc(F)c3)CC2)ncc1F. The molecule has 5 rings (SSSR count). The summed E-state index contributed by atoms with van der Waals surface area (Å²) in [7, 11) is 0. The van der Waals surface area contributed by atoms with E-state index in [1.54, 1.807) is 24.1 Å². The Morgan fingerprint density at radius 3 is 2.38 bits per heavy atom. The Morgan fingerprint density at radius 1 is 1.03 bits per heavy atom. The van der Waals surface area contributed by atoms with Gasteiger partial charge in [-0.2, -0.15) is 10.1 Å². The minimum Gasteiger partial charge on any atom is -0.366 e. The van der Waals surface area contributed by atoms with Crippen LogP contribution in [-0.4, -0.2) is 68.8 Å². The van der Waals surface area contributed by atoms with Gasteiger partial charge < -0.3 is 20.1 Å². The highest BCUT2D eigenvalue weighted by molar-refractivity contribution is 5.93. The van der Waals surface area contributed by atoms with Crippen LogP contribution in [0.1, 0.15) is 34.1 Å². The van der Waals surface area contributed by atoms with Crippen LogP contribution in [0.4, 0.5) is 23.9 Å². The van der Waals surface area contributed by atoms with E-state index >= 15 is 0 Å². The van der Waals surface area contributed by atoms with Crippen molar-refractivity contribution in [2.75, 3.05) is 31.1 Å². The van der Waals surface area contributed by atoms with Gasteiger partial charge in [-0.15, -0.1) is 0 Å². The van der Waals surface area contributed by atoms with Crippen LogP contribution in [0, 0.1) is 24.4 Å². The molecule has 0 saturated carbocycles. The Balaban J connectivity index is 1.29. The van der Waals surface area contributed by atoms with E-state index < -0.39 is 29.4 Å². The quantitative estimate of drug-likeness (QED) is 0.578. The van der Waals surface area contributed by atoms with Gasteiger partial charge in [-0.3, -0.25) is 4.79 Å². The van der Waals surface area contributed by atoms with Gasteiger partial charge >= 0.3 is 6.03 Å². The van der Waals surface area contributed by atoms with Crippen LogP contribution in [0.2, 0.25) is 0 Å². The summed E-state index contributed by atoms with van der Waals surface area (Å²) in [5.41, 5.74) is 6.46. The monoisotopic (exact) mass is 512 g/mol. The average molecular weight is 512 g/mol. The predicted molar refractivity (Wildman–Crippen MR) is 128 cm³/mol. The lowest BCUT2D eigenvalue weighted by atomic mass is 10.0. The first-order valence-corrected chi connectivity index (χ1v) is 11.5. The fraction of sp³-hybridized carbons (Fsp3) is 0.292. The molecule has 37 heavy (non-hydrogen) atoms. The zero-order chi connectivity index (χ0) is 26.3. The van der Waals surface area contributed by atoms with Crippen LogP contribution in [0.5, 0.6) is 0 Å². The number of benzene rings is 1. The molecule has 0 unspecified atom stereocenters. The van der Waals surface area contributed by atoms with Crippen LogP contribution in [0.15, 0.2) is 41.8 Å². The zero-order valence-corrected chi connectivity index (χ0v) is 19.8. The minimum absolute atomic E-state index is 0.0231. The molecule has 192 valence electrons. The summed E-state index contributed by atoms with van der Waals surface area (Å²) < 4.78 is 43.5. The van der Waals surface area contributed by atoms with Gasteiger partial charge in [0.15, 0.2) is 11.6 Å². The molecule has 2 N–H and O–H groups in total. The average Bonchev–Trinajstić information content (AvgIpc) is 3.51. The van der Waals surface area contributed by atoms with Crippen molar-refractivity contribution in [3.63, 3.8) is 0 Å². The molecule has 0 aliphatic carbocycles. The smallest absolute Gasteiger partial charge is 0.341 e. The summed E-state index contributed by atoms with van der Waals surface area (Å²) in [6, 6.07) is 3.73. The van der Waals surface area contributed by atoms with E-state index in [1.165, 1.54) is 27.9 Å². The van der Waals surface area contributed by atoms with Crippen LogP contribution < -0.4 is 10.6 Å². The van der Waals surface area contributed by atoms with Gasteiger partial charge in [0.1, 0.15) is 11.6 Å². The number of nitrogens with two attached hydrogens (primary N) is 1. The summed E-state index contributed by atoms with van der Waals surface area (Å²) in [5.74, 6) is -2.50. The summed E-state index contributed by atoms with van der Waals surface area (Å²) >= 11 is 0. The molecule has 0 radical (unpaired) electrons. The van der Waals surface area contributed by atoms with E-state index in [1.807, 2.05) is 4.90 Å². The Labute approximate surface area is 209 Å². The maximum atomic E-state index is 14.6. The Hall–Kier alpha value is -4.42. The van der Waals surface area contributed by atoms with Gasteiger partial charge in [-0.1, -0.05) is 0 Å². The fourth-order valence-electron chi connectivity index (χ4n) is 4.49. The van der Waals surface area contributed by atoms with Gasteiger partial charge in [0, 0.05) is 56.8 Å². The number of hydrogen-bond donors (Lipinski definition) is 1. The number of carbonyl (C=O) groups excluding carboxylic acids is 2. The van der Waals surface area contributed by atoms with Crippen LogP contribution in [0.25, 0.3) is 5.82 Å². The van der Waals surface area contributed by atoms with Gasteiger partial charge in [0.25, 0.3) is 0 Å². The molecule has 4 heterocycles. The second-order valence-electron chi connectivity index (χ2n) is 8.80. The molecule has 1 aromatic carbocycles. The van der Waals surface area contributed by atoms with Gasteiger partial charge in [-0.05, 0) is 30.7 Å². The Morgan fingerprint density at radius 2 is 1.73 bits per heavy atom. The normalized spacial score (nSPS) is 17.5. The van der Waals surface area contributed by atoms with Crippen molar-refractivity contribution >= 4 is 24.1 Å². The molecular weight excluding hydrogens is 489 g/mol. The number of aromatic nitrogens is 3. The summed E-state index contributed by atoms with van der Waals surface area (Å²) in [4.78, 5) is 36.5. The molecular formula is C24H23F3N8O2. The molecule has 3 aromatic rings. The summed E-state index contributed by atoms with van der Waals surface area (Å²) in [5, 5.41) is 5.38. The number of nitrogens with zero attached hydrogens (tertiary/aromatic N) is 7. The Kier molecular flexibility index (Phi) is 6.27. The number of primary amides is 1. The number of rotatable bonds is 4. The number of hydrazone groups is 1. The van der Waals surface area contributed by atoms with Crippen molar-refractivity contribution < 1.29 is 22.8 Å². The van der Waals surface area contributed by atoms with E-state index in [4.69, 9.17) is 5.73 Å². The topological polar surface area (TPSA) is 113 Å². The predicted octanol–water partition coefficient (Wildman–Crippen LogP) is 2.77. The largest absolute Gasteiger partial charge is 0.366 e. The summed E-state index contributed by atoms with van der Waals surface area (Å²) in [6.07, 6.45) is 4.36. The van der Waals surface area contributed by atoms with Gasteiger partial charge in [0.05, 0.1) is 17.8 Å². The molecule has 0 spiro atoms. The van der Waals surface area contributed by atoms with Crippen molar-refractivity contribution in [2.24, 2.45) is 10.8 Å². The van der Waals surface area contributed by atoms with E-state index in [0.717, 1.165) is 12.3 Å². The number of halogens is 3. The third kappa shape index (κ3) is 4.71. The van der Waals surface area contributed by atoms with Crippen molar-refractivity contribution in [1.29, 1.82) is 0 Å².